The van der Waals surface area contributed by atoms with E-state index in [1.165, 1.54) is 12.8 Å². The van der Waals surface area contributed by atoms with Crippen LogP contribution in [0.4, 0.5) is 0 Å². The highest BCUT2D eigenvalue weighted by Gasteiger charge is 2.36. The lowest BCUT2D eigenvalue weighted by Gasteiger charge is -2.36. The maximum absolute atomic E-state index is 12.6. The first-order valence-corrected chi connectivity index (χ1v) is 7.68. The molecule has 1 amide bonds. The third-order valence-electron chi connectivity index (χ3n) is 4.95. The van der Waals surface area contributed by atoms with Crippen LogP contribution in [0.15, 0.2) is 0 Å². The fourth-order valence-electron chi connectivity index (χ4n) is 3.79. The van der Waals surface area contributed by atoms with Gasteiger partial charge in [0.2, 0.25) is 5.91 Å². The molecule has 19 heavy (non-hydrogen) atoms. The minimum atomic E-state index is 0.0397. The molecule has 4 heteroatoms. The molecule has 1 heterocycles. The Morgan fingerprint density at radius 3 is 2.68 bits per heavy atom. The van der Waals surface area contributed by atoms with E-state index in [-0.39, 0.29) is 17.9 Å². The molecule has 1 aliphatic carbocycles. The highest BCUT2D eigenvalue weighted by Crippen LogP contribution is 2.30. The van der Waals surface area contributed by atoms with Crippen LogP contribution in [0.2, 0.25) is 0 Å². The van der Waals surface area contributed by atoms with E-state index in [4.69, 9.17) is 5.73 Å². The van der Waals surface area contributed by atoms with E-state index in [2.05, 4.69) is 18.9 Å². The van der Waals surface area contributed by atoms with Crippen molar-refractivity contribution in [1.29, 1.82) is 0 Å². The van der Waals surface area contributed by atoms with Gasteiger partial charge in [-0.2, -0.15) is 0 Å². The van der Waals surface area contributed by atoms with Crippen LogP contribution in [0.3, 0.4) is 0 Å². The molecule has 0 aromatic rings. The van der Waals surface area contributed by atoms with Crippen LogP contribution >= 0.6 is 0 Å². The Morgan fingerprint density at radius 1 is 1.37 bits per heavy atom. The van der Waals surface area contributed by atoms with Gasteiger partial charge in [0.25, 0.3) is 0 Å². The van der Waals surface area contributed by atoms with E-state index in [0.717, 1.165) is 32.5 Å². The Morgan fingerprint density at radius 2 is 2.11 bits per heavy atom. The Bertz CT molecular complexity index is 311. The number of nitrogens with zero attached hydrogens (tertiary/aromatic N) is 2. The molecule has 0 aromatic carbocycles. The van der Waals surface area contributed by atoms with Crippen molar-refractivity contribution in [3.05, 3.63) is 0 Å². The second-order valence-electron chi connectivity index (χ2n) is 6.73. The number of hydrogen-bond donors (Lipinski definition) is 1. The summed E-state index contributed by atoms with van der Waals surface area (Å²) in [6.07, 6.45) is 4.52. The van der Waals surface area contributed by atoms with E-state index in [1.54, 1.807) is 0 Å². The van der Waals surface area contributed by atoms with E-state index in [9.17, 15) is 4.79 Å². The van der Waals surface area contributed by atoms with Gasteiger partial charge in [-0.25, -0.2) is 0 Å². The molecular weight excluding hydrogens is 238 g/mol. The van der Waals surface area contributed by atoms with Crippen molar-refractivity contribution in [1.82, 2.24) is 9.80 Å². The van der Waals surface area contributed by atoms with Gasteiger partial charge in [0, 0.05) is 26.2 Å². The molecule has 2 rings (SSSR count). The molecule has 0 radical (unpaired) electrons. The lowest BCUT2D eigenvalue weighted by molar-refractivity contribution is -0.138. The molecule has 0 spiro atoms. The van der Waals surface area contributed by atoms with Crippen LogP contribution in [0.25, 0.3) is 0 Å². The second-order valence-corrected chi connectivity index (χ2v) is 6.73. The summed E-state index contributed by atoms with van der Waals surface area (Å²) < 4.78 is 0. The monoisotopic (exact) mass is 267 g/mol. The van der Waals surface area contributed by atoms with Crippen LogP contribution < -0.4 is 5.73 Å². The fraction of sp³-hybridized carbons (Fsp3) is 0.933. The lowest BCUT2D eigenvalue weighted by Crippen LogP contribution is -2.48. The van der Waals surface area contributed by atoms with Gasteiger partial charge in [-0.05, 0) is 44.7 Å². The number of carbonyl (C=O) groups is 1. The number of nitrogens with two attached hydrogens (primary N) is 1. The lowest BCUT2D eigenvalue weighted by atomic mass is 9.76. The maximum atomic E-state index is 12.6. The molecule has 0 aromatic heterocycles. The zero-order chi connectivity index (χ0) is 14.0. The normalized spacial score (nSPS) is 36.4. The summed E-state index contributed by atoms with van der Waals surface area (Å²) in [5.41, 5.74) is 6.18. The van der Waals surface area contributed by atoms with Crippen molar-refractivity contribution < 1.29 is 4.79 Å². The third kappa shape index (κ3) is 3.48. The maximum Gasteiger partial charge on any atom is 0.227 e. The van der Waals surface area contributed by atoms with Crippen molar-refractivity contribution in [3.63, 3.8) is 0 Å². The summed E-state index contributed by atoms with van der Waals surface area (Å²) in [7, 11) is 4.11. The van der Waals surface area contributed by atoms with Crippen molar-refractivity contribution in [2.24, 2.45) is 23.5 Å². The van der Waals surface area contributed by atoms with Crippen LogP contribution in [0.5, 0.6) is 0 Å². The van der Waals surface area contributed by atoms with Crippen molar-refractivity contribution in [2.45, 2.75) is 38.6 Å². The first kappa shape index (κ1) is 14.8. The Balaban J connectivity index is 1.90. The van der Waals surface area contributed by atoms with Gasteiger partial charge in [0.15, 0.2) is 0 Å². The highest BCUT2D eigenvalue weighted by molar-refractivity contribution is 5.79. The molecule has 4 unspecified atom stereocenters. The Labute approximate surface area is 117 Å². The zero-order valence-corrected chi connectivity index (χ0v) is 12.6. The average Bonchev–Trinajstić information content (AvgIpc) is 2.74. The molecular formula is C15H29N3O. The standard InChI is InChI=1S/C15H29N3O/c1-11-5-4-6-13(16)14(11)15(19)18(3)10-12-7-8-17(2)9-12/h11-14H,4-10,16H2,1-3H3. The van der Waals surface area contributed by atoms with Gasteiger partial charge < -0.3 is 15.5 Å². The van der Waals surface area contributed by atoms with Crippen LogP contribution in [0.1, 0.15) is 32.6 Å². The SMILES string of the molecule is CC1CCCC(N)C1C(=O)N(C)CC1CCN(C)C1. The molecule has 4 atom stereocenters. The molecule has 1 aliphatic heterocycles. The minimum absolute atomic E-state index is 0.0397. The summed E-state index contributed by atoms with van der Waals surface area (Å²) in [6.45, 7) is 5.34. The number of hydrogen-bond acceptors (Lipinski definition) is 3. The molecule has 1 saturated carbocycles. The van der Waals surface area contributed by atoms with Gasteiger partial charge >= 0.3 is 0 Å². The number of carbonyl (C=O) groups excluding carboxylic acids is 1. The van der Waals surface area contributed by atoms with Crippen LogP contribution in [0, 0.1) is 17.8 Å². The summed E-state index contributed by atoms with van der Waals surface area (Å²) in [5, 5.41) is 0. The molecule has 1 saturated heterocycles. The second kappa shape index (κ2) is 6.23. The van der Waals surface area contributed by atoms with Crippen LogP contribution in [-0.2, 0) is 4.79 Å². The minimum Gasteiger partial charge on any atom is -0.345 e. The predicted octanol–water partition coefficient (Wildman–Crippen LogP) is 1.16. The Hall–Kier alpha value is -0.610. The number of amides is 1. The summed E-state index contributed by atoms with van der Waals surface area (Å²) >= 11 is 0. The van der Waals surface area contributed by atoms with E-state index in [1.807, 2.05) is 11.9 Å². The number of likely N-dealkylation sites (tertiary alicyclic amines) is 1. The average molecular weight is 267 g/mol. The van der Waals surface area contributed by atoms with E-state index < -0.39 is 0 Å². The first-order chi connectivity index (χ1) is 8.99. The summed E-state index contributed by atoms with van der Waals surface area (Å²) in [6, 6.07) is 0.0601. The van der Waals surface area contributed by atoms with Gasteiger partial charge in [-0.1, -0.05) is 13.3 Å². The largest absolute Gasteiger partial charge is 0.345 e. The molecule has 4 nitrogen and oxygen atoms in total. The van der Waals surface area contributed by atoms with Crippen molar-refractivity contribution in [3.8, 4) is 0 Å². The van der Waals surface area contributed by atoms with Gasteiger partial charge in [0.1, 0.15) is 0 Å². The molecule has 2 fully saturated rings. The first-order valence-electron chi connectivity index (χ1n) is 7.68. The highest BCUT2D eigenvalue weighted by atomic mass is 16.2. The molecule has 110 valence electrons. The third-order valence-corrected chi connectivity index (χ3v) is 4.95. The number of rotatable bonds is 3. The Kier molecular flexibility index (Phi) is 4.85. The van der Waals surface area contributed by atoms with E-state index in [0.29, 0.717) is 11.8 Å². The topological polar surface area (TPSA) is 49.6 Å². The fourth-order valence-corrected chi connectivity index (χ4v) is 3.79. The van der Waals surface area contributed by atoms with Crippen molar-refractivity contribution >= 4 is 5.91 Å². The van der Waals surface area contributed by atoms with E-state index >= 15 is 0 Å². The molecule has 0 bridgehead atoms. The summed E-state index contributed by atoms with van der Waals surface area (Å²) in [4.78, 5) is 16.9. The summed E-state index contributed by atoms with van der Waals surface area (Å²) in [5.74, 6) is 1.38. The molecule has 2 aliphatic rings. The quantitative estimate of drug-likeness (QED) is 0.835. The smallest absolute Gasteiger partial charge is 0.227 e. The molecule has 2 N–H and O–H groups in total. The van der Waals surface area contributed by atoms with Crippen molar-refractivity contribution in [2.75, 3.05) is 33.7 Å². The van der Waals surface area contributed by atoms with Gasteiger partial charge in [-0.3, -0.25) is 4.79 Å². The predicted molar refractivity (Wildman–Crippen MR) is 77.7 cm³/mol. The van der Waals surface area contributed by atoms with Crippen LogP contribution in [-0.4, -0.2) is 55.5 Å². The van der Waals surface area contributed by atoms with Gasteiger partial charge in [0.05, 0.1) is 5.92 Å². The zero-order valence-electron chi connectivity index (χ0n) is 12.6. The van der Waals surface area contributed by atoms with Gasteiger partial charge in [-0.15, -0.1) is 0 Å².